The van der Waals surface area contributed by atoms with Gasteiger partial charge in [0.2, 0.25) is 0 Å². The Labute approximate surface area is 222 Å². The topological polar surface area (TPSA) is 78.9 Å². The molecule has 4 saturated carbocycles. The fourth-order valence-corrected chi connectivity index (χ4v) is 9.55. The van der Waals surface area contributed by atoms with Crippen molar-refractivity contribution in [2.45, 2.75) is 112 Å². The van der Waals surface area contributed by atoms with Crippen LogP contribution in [0.1, 0.15) is 99.3 Å². The van der Waals surface area contributed by atoms with E-state index >= 15 is 0 Å². The Morgan fingerprint density at radius 2 is 1.84 bits per heavy atom. The van der Waals surface area contributed by atoms with Gasteiger partial charge in [-0.2, -0.15) is 0 Å². The fourth-order valence-electron chi connectivity index (χ4n) is 9.55. The predicted octanol–water partition coefficient (Wildman–Crippen LogP) is 6.02. The van der Waals surface area contributed by atoms with Gasteiger partial charge in [-0.3, -0.25) is 14.4 Å². The minimum atomic E-state index is -0.334. The third kappa shape index (κ3) is 4.44. The molecule has 6 heteroatoms. The van der Waals surface area contributed by atoms with Crippen molar-refractivity contribution in [2.24, 2.45) is 46.3 Å². The zero-order valence-electron chi connectivity index (χ0n) is 23.6. The highest BCUT2D eigenvalue weighted by atomic mass is 16.5. The third-order valence-electron chi connectivity index (χ3n) is 11.5. The molecule has 206 valence electrons. The molecule has 0 bridgehead atoms. The van der Waals surface area contributed by atoms with E-state index in [0.717, 1.165) is 44.3 Å². The number of carbonyl (C=O) groups excluding carboxylic acids is 3. The normalized spacial score (nSPS) is 43.2. The Hall–Kier alpha value is -1.85. The molecular formula is C31H46O6. The molecule has 1 heterocycles. The van der Waals surface area contributed by atoms with E-state index in [1.807, 2.05) is 0 Å². The molecule has 0 amide bonds. The average Bonchev–Trinajstić information content (AvgIpc) is 3.31. The first-order valence-electron chi connectivity index (χ1n) is 14.6. The zero-order valence-corrected chi connectivity index (χ0v) is 23.6. The second-order valence-corrected chi connectivity index (χ2v) is 13.5. The molecule has 0 radical (unpaired) electrons. The molecule has 10 atom stereocenters. The number of ether oxygens (including phenoxy) is 3. The predicted molar refractivity (Wildman–Crippen MR) is 139 cm³/mol. The largest absolute Gasteiger partial charge is 0.494 e. The van der Waals surface area contributed by atoms with Gasteiger partial charge in [-0.05, 0) is 92.4 Å². The van der Waals surface area contributed by atoms with E-state index in [0.29, 0.717) is 42.5 Å². The Morgan fingerprint density at radius 1 is 1.08 bits per heavy atom. The molecular weight excluding hydrogens is 468 g/mol. The lowest BCUT2D eigenvalue weighted by molar-refractivity contribution is -0.165. The van der Waals surface area contributed by atoms with Crippen LogP contribution in [0.25, 0.3) is 0 Å². The standard InChI is InChI=1S/C31H46O6/c1-17(16-35-19(3)32)7-10-26-18(2)29-27(37-26)14-25-23-9-8-21-13-22(36-20(4)33)11-12-30(21,5)24(23)15-28(34)31(25,29)6/h17,21-25,27,29H,7-16H2,1-6H3/t17-,21-,22-,23-,24+,25+,27+,29+,30-,31+/m0/s1. The lowest BCUT2D eigenvalue weighted by Gasteiger charge is -2.60. The number of rotatable bonds is 6. The smallest absolute Gasteiger partial charge is 0.302 e. The summed E-state index contributed by atoms with van der Waals surface area (Å²) in [5.41, 5.74) is 1.10. The number of esters is 2. The molecule has 0 aromatic carbocycles. The van der Waals surface area contributed by atoms with Crippen molar-refractivity contribution < 1.29 is 28.6 Å². The molecule has 6 nitrogen and oxygen atoms in total. The molecule has 37 heavy (non-hydrogen) atoms. The fraction of sp³-hybridized carbons (Fsp3) is 0.839. The Morgan fingerprint density at radius 3 is 2.54 bits per heavy atom. The highest BCUT2D eigenvalue weighted by molar-refractivity contribution is 5.87. The van der Waals surface area contributed by atoms with Crippen molar-refractivity contribution >= 4 is 17.7 Å². The first-order valence-corrected chi connectivity index (χ1v) is 14.6. The van der Waals surface area contributed by atoms with Crippen molar-refractivity contribution in [3.8, 4) is 0 Å². The lowest BCUT2D eigenvalue weighted by atomic mass is 9.44. The number of fused-ring (bicyclic) bond motifs is 7. The number of allylic oxidation sites excluding steroid dienone is 1. The third-order valence-corrected chi connectivity index (χ3v) is 11.5. The summed E-state index contributed by atoms with van der Waals surface area (Å²) >= 11 is 0. The minimum absolute atomic E-state index is 0.0406. The van der Waals surface area contributed by atoms with Crippen LogP contribution >= 0.6 is 0 Å². The van der Waals surface area contributed by atoms with Crippen molar-refractivity contribution in [3.63, 3.8) is 0 Å². The molecule has 4 fully saturated rings. The Bertz CT molecular complexity index is 984. The first kappa shape index (κ1) is 26.7. The summed E-state index contributed by atoms with van der Waals surface area (Å²) in [5.74, 6) is 3.49. The maximum absolute atomic E-state index is 14.1. The lowest BCUT2D eigenvalue weighted by Crippen LogP contribution is -2.57. The molecule has 0 N–H and O–H groups in total. The molecule has 0 spiro atoms. The van der Waals surface area contributed by atoms with Gasteiger partial charge in [-0.15, -0.1) is 0 Å². The summed E-state index contributed by atoms with van der Waals surface area (Å²) in [6.07, 6.45) is 8.83. The molecule has 0 saturated heterocycles. The van der Waals surface area contributed by atoms with E-state index in [4.69, 9.17) is 14.2 Å². The van der Waals surface area contributed by atoms with Gasteiger partial charge in [0, 0.05) is 38.0 Å². The van der Waals surface area contributed by atoms with Gasteiger partial charge in [0.1, 0.15) is 18.0 Å². The van der Waals surface area contributed by atoms with Crippen LogP contribution in [0.2, 0.25) is 0 Å². The van der Waals surface area contributed by atoms with Gasteiger partial charge in [-0.1, -0.05) is 20.8 Å². The number of carbonyl (C=O) groups is 3. The maximum atomic E-state index is 14.1. The van der Waals surface area contributed by atoms with E-state index in [9.17, 15) is 14.4 Å². The Balaban J connectivity index is 1.30. The molecule has 5 rings (SSSR count). The highest BCUT2D eigenvalue weighted by Crippen LogP contribution is 2.68. The molecule has 1 aliphatic heterocycles. The van der Waals surface area contributed by atoms with Gasteiger partial charge in [0.15, 0.2) is 0 Å². The number of hydrogen-bond acceptors (Lipinski definition) is 6. The van der Waals surface area contributed by atoms with Crippen LogP contribution in [-0.4, -0.2) is 36.5 Å². The van der Waals surface area contributed by atoms with Crippen LogP contribution in [0.4, 0.5) is 0 Å². The van der Waals surface area contributed by atoms with Crippen LogP contribution in [0.3, 0.4) is 0 Å². The number of hydrogen-bond donors (Lipinski definition) is 0. The summed E-state index contributed by atoms with van der Waals surface area (Å²) in [7, 11) is 0. The van der Waals surface area contributed by atoms with Crippen LogP contribution in [0.5, 0.6) is 0 Å². The summed E-state index contributed by atoms with van der Waals surface area (Å²) in [4.78, 5) is 36.8. The number of ketones is 1. The molecule has 4 aliphatic carbocycles. The summed E-state index contributed by atoms with van der Waals surface area (Å²) in [5, 5.41) is 0. The SMILES string of the molecule is CC(=O)OC[C@@H](C)CCC1=C(C)[C@@H]2[C@@H](C[C@@H]3[C@H]4CC[C@H]5C[C@@H](OC(C)=O)CC[C@]5(C)[C@@H]4CC(=O)[C@@]32C)O1. The van der Waals surface area contributed by atoms with Crippen molar-refractivity contribution in [1.29, 1.82) is 0 Å². The molecule has 0 aromatic rings. The van der Waals surface area contributed by atoms with Gasteiger partial charge < -0.3 is 14.2 Å². The van der Waals surface area contributed by atoms with Crippen molar-refractivity contribution in [2.75, 3.05) is 6.61 Å². The summed E-state index contributed by atoms with van der Waals surface area (Å²) in [6, 6.07) is 0. The van der Waals surface area contributed by atoms with Gasteiger partial charge in [0.05, 0.1) is 12.4 Å². The quantitative estimate of drug-likeness (QED) is 0.404. The zero-order chi connectivity index (χ0) is 26.7. The van der Waals surface area contributed by atoms with Gasteiger partial charge in [-0.25, -0.2) is 0 Å². The highest BCUT2D eigenvalue weighted by Gasteiger charge is 2.67. The van der Waals surface area contributed by atoms with Crippen molar-refractivity contribution in [1.82, 2.24) is 0 Å². The van der Waals surface area contributed by atoms with Gasteiger partial charge in [0.25, 0.3) is 0 Å². The van der Waals surface area contributed by atoms with E-state index in [-0.39, 0.29) is 46.8 Å². The first-order chi connectivity index (χ1) is 17.4. The second kappa shape index (κ2) is 9.72. The number of Topliss-reactive ketones (excluding diaryl/α,β-unsaturated/α-hetero) is 1. The summed E-state index contributed by atoms with van der Waals surface area (Å²) < 4.78 is 17.4. The van der Waals surface area contributed by atoms with Crippen LogP contribution in [0, 0.1) is 46.3 Å². The summed E-state index contributed by atoms with van der Waals surface area (Å²) in [6.45, 7) is 12.4. The Kier molecular flexibility index (Phi) is 7.02. The van der Waals surface area contributed by atoms with Crippen LogP contribution in [-0.2, 0) is 28.6 Å². The van der Waals surface area contributed by atoms with Crippen LogP contribution in [0.15, 0.2) is 11.3 Å². The van der Waals surface area contributed by atoms with E-state index in [1.165, 1.54) is 32.3 Å². The monoisotopic (exact) mass is 514 g/mol. The minimum Gasteiger partial charge on any atom is -0.494 e. The second-order valence-electron chi connectivity index (χ2n) is 13.5. The van der Waals surface area contributed by atoms with Gasteiger partial charge >= 0.3 is 11.9 Å². The maximum Gasteiger partial charge on any atom is 0.302 e. The molecule has 0 aromatic heterocycles. The van der Waals surface area contributed by atoms with E-state index < -0.39 is 0 Å². The molecule has 5 aliphatic rings. The van der Waals surface area contributed by atoms with E-state index in [1.54, 1.807) is 0 Å². The van der Waals surface area contributed by atoms with Crippen molar-refractivity contribution in [3.05, 3.63) is 11.3 Å². The molecule has 0 unspecified atom stereocenters. The van der Waals surface area contributed by atoms with E-state index in [2.05, 4.69) is 27.7 Å². The average molecular weight is 515 g/mol. The van der Waals surface area contributed by atoms with Crippen LogP contribution < -0.4 is 0 Å².